The Hall–Kier alpha value is -2.07. The molecule has 19 heavy (non-hydrogen) atoms. The second-order valence-electron chi connectivity index (χ2n) is 3.84. The van der Waals surface area contributed by atoms with Gasteiger partial charge in [-0.15, -0.1) is 0 Å². The van der Waals surface area contributed by atoms with Crippen LogP contribution in [0, 0.1) is 5.82 Å². The summed E-state index contributed by atoms with van der Waals surface area (Å²) in [5.41, 5.74) is 0.180. The lowest BCUT2D eigenvalue weighted by Gasteiger charge is -2.08. The molecule has 0 fully saturated rings. The van der Waals surface area contributed by atoms with E-state index in [4.69, 9.17) is 21.4 Å². The maximum Gasteiger partial charge on any atom is 0.338 e. The van der Waals surface area contributed by atoms with E-state index in [1.165, 1.54) is 12.1 Å². The molecule has 0 aliphatic rings. The minimum absolute atomic E-state index is 0.115. The average Bonchev–Trinajstić information content (AvgIpc) is 2.39. The number of ether oxygens (including phenoxy) is 1. The second kappa shape index (κ2) is 5.71. The van der Waals surface area contributed by atoms with Crippen LogP contribution in [-0.4, -0.2) is 11.1 Å². The lowest BCUT2D eigenvalue weighted by atomic mass is 10.1. The van der Waals surface area contributed by atoms with Crippen molar-refractivity contribution in [3.8, 4) is 5.75 Å². The van der Waals surface area contributed by atoms with Gasteiger partial charge in [-0.3, -0.25) is 0 Å². The van der Waals surface area contributed by atoms with Gasteiger partial charge in [-0.2, -0.15) is 0 Å². The quantitative estimate of drug-likeness (QED) is 0.927. The smallest absolute Gasteiger partial charge is 0.338 e. The highest BCUT2D eigenvalue weighted by molar-refractivity contribution is 6.32. The third-order valence-electron chi connectivity index (χ3n) is 2.49. The maximum atomic E-state index is 13.2. The summed E-state index contributed by atoms with van der Waals surface area (Å²) >= 11 is 5.92. The van der Waals surface area contributed by atoms with Gasteiger partial charge in [0.25, 0.3) is 0 Å². The molecule has 0 saturated heterocycles. The molecule has 98 valence electrons. The van der Waals surface area contributed by atoms with Crippen LogP contribution >= 0.6 is 11.6 Å². The number of aromatic carboxylic acids is 1. The first-order valence-electron chi connectivity index (χ1n) is 5.47. The second-order valence-corrected chi connectivity index (χ2v) is 4.25. The summed E-state index contributed by atoms with van der Waals surface area (Å²) in [6.45, 7) is 0.115. The van der Waals surface area contributed by atoms with Gasteiger partial charge >= 0.3 is 5.97 Å². The molecule has 0 unspecified atom stereocenters. The van der Waals surface area contributed by atoms with E-state index in [0.29, 0.717) is 16.3 Å². The first-order valence-corrected chi connectivity index (χ1v) is 5.85. The fourth-order valence-electron chi connectivity index (χ4n) is 1.55. The van der Waals surface area contributed by atoms with Crippen molar-refractivity contribution in [3.05, 3.63) is 64.4 Å². The van der Waals surface area contributed by atoms with E-state index in [-0.39, 0.29) is 12.2 Å². The normalized spacial score (nSPS) is 10.2. The number of carboxylic acids is 1. The summed E-state index contributed by atoms with van der Waals surface area (Å²) in [7, 11) is 0. The summed E-state index contributed by atoms with van der Waals surface area (Å²) in [6.07, 6.45) is 0. The van der Waals surface area contributed by atoms with E-state index in [0.717, 1.165) is 6.07 Å². The van der Waals surface area contributed by atoms with E-state index in [1.54, 1.807) is 24.3 Å². The summed E-state index contributed by atoms with van der Waals surface area (Å²) < 4.78 is 18.7. The Morgan fingerprint density at radius 1 is 1.26 bits per heavy atom. The van der Waals surface area contributed by atoms with Gasteiger partial charge in [0.05, 0.1) is 10.6 Å². The maximum absolute atomic E-state index is 13.2. The van der Waals surface area contributed by atoms with Crippen LogP contribution in [0.25, 0.3) is 0 Å². The molecule has 3 nitrogen and oxygen atoms in total. The highest BCUT2D eigenvalue weighted by Crippen LogP contribution is 2.24. The first kappa shape index (κ1) is 13.4. The van der Waals surface area contributed by atoms with Crippen molar-refractivity contribution < 1.29 is 19.0 Å². The van der Waals surface area contributed by atoms with Crippen molar-refractivity contribution in [2.24, 2.45) is 0 Å². The van der Waals surface area contributed by atoms with Crippen LogP contribution in [-0.2, 0) is 6.61 Å². The first-order chi connectivity index (χ1) is 9.08. The van der Waals surface area contributed by atoms with Gasteiger partial charge in [0.2, 0.25) is 0 Å². The minimum atomic E-state index is -1.31. The number of carbonyl (C=O) groups is 1. The van der Waals surface area contributed by atoms with Gasteiger partial charge in [-0.1, -0.05) is 29.8 Å². The Balaban J connectivity index is 2.14. The van der Waals surface area contributed by atoms with Crippen LogP contribution in [0.15, 0.2) is 42.5 Å². The van der Waals surface area contributed by atoms with E-state index in [2.05, 4.69) is 0 Å². The molecule has 2 rings (SSSR count). The number of benzene rings is 2. The topological polar surface area (TPSA) is 46.5 Å². The van der Waals surface area contributed by atoms with Gasteiger partial charge in [-0.25, -0.2) is 9.18 Å². The van der Waals surface area contributed by atoms with Crippen LogP contribution in [0.2, 0.25) is 5.02 Å². The molecule has 1 N–H and O–H groups in total. The summed E-state index contributed by atoms with van der Waals surface area (Å²) in [4.78, 5) is 10.8. The van der Waals surface area contributed by atoms with Crippen molar-refractivity contribution in [2.75, 3.05) is 0 Å². The third-order valence-corrected chi connectivity index (χ3v) is 2.80. The molecule has 0 radical (unpaired) electrons. The number of carboxylic acid groups (broad SMARTS) is 1. The predicted molar refractivity (Wildman–Crippen MR) is 69.1 cm³/mol. The largest absolute Gasteiger partial charge is 0.487 e. The van der Waals surface area contributed by atoms with Gasteiger partial charge in [0.1, 0.15) is 18.2 Å². The Bertz CT molecular complexity index is 613. The van der Waals surface area contributed by atoms with E-state index in [1.807, 2.05) is 0 Å². The third kappa shape index (κ3) is 3.23. The van der Waals surface area contributed by atoms with Crippen LogP contribution in [0.5, 0.6) is 5.75 Å². The number of rotatable bonds is 4. The fraction of sp³-hybridized carbons (Fsp3) is 0.0714. The Morgan fingerprint density at radius 3 is 2.68 bits per heavy atom. The number of hydrogen-bond acceptors (Lipinski definition) is 2. The molecule has 0 saturated carbocycles. The molecular formula is C14H10ClFO3. The molecule has 0 spiro atoms. The monoisotopic (exact) mass is 280 g/mol. The standard InChI is InChI=1S/C14H10ClFO3/c15-11-3-1-2-4-13(11)19-8-9-5-6-12(16)10(7-9)14(17)18/h1-7H,8H2,(H,17,18). The molecule has 2 aromatic rings. The molecule has 0 aliphatic carbocycles. The van der Waals surface area contributed by atoms with Gasteiger partial charge in [-0.05, 0) is 29.8 Å². The summed E-state index contributed by atoms with van der Waals surface area (Å²) in [5, 5.41) is 9.28. The molecule has 0 amide bonds. The van der Waals surface area contributed by atoms with Crippen molar-refractivity contribution in [1.29, 1.82) is 0 Å². The van der Waals surface area contributed by atoms with Gasteiger partial charge < -0.3 is 9.84 Å². The number of para-hydroxylation sites is 1. The van der Waals surface area contributed by atoms with Crippen molar-refractivity contribution in [2.45, 2.75) is 6.61 Å². The van der Waals surface area contributed by atoms with E-state index >= 15 is 0 Å². The Labute approximate surface area is 114 Å². The average molecular weight is 281 g/mol. The van der Waals surface area contributed by atoms with Crippen LogP contribution in [0.4, 0.5) is 4.39 Å². The van der Waals surface area contributed by atoms with Crippen LogP contribution < -0.4 is 4.74 Å². The van der Waals surface area contributed by atoms with Gasteiger partial charge in [0.15, 0.2) is 0 Å². The lowest BCUT2D eigenvalue weighted by Crippen LogP contribution is -2.03. The molecule has 0 aromatic heterocycles. The van der Waals surface area contributed by atoms with Gasteiger partial charge in [0, 0.05) is 0 Å². The molecule has 0 bridgehead atoms. The fourth-order valence-corrected chi connectivity index (χ4v) is 1.74. The summed E-state index contributed by atoms with van der Waals surface area (Å²) in [6, 6.07) is 10.8. The predicted octanol–water partition coefficient (Wildman–Crippen LogP) is 3.76. The Kier molecular flexibility index (Phi) is 4.02. The molecule has 5 heteroatoms. The van der Waals surface area contributed by atoms with Crippen LogP contribution in [0.3, 0.4) is 0 Å². The highest BCUT2D eigenvalue weighted by Gasteiger charge is 2.11. The van der Waals surface area contributed by atoms with E-state index in [9.17, 15) is 9.18 Å². The van der Waals surface area contributed by atoms with Crippen molar-refractivity contribution in [3.63, 3.8) is 0 Å². The number of halogens is 2. The molecule has 0 aliphatic heterocycles. The zero-order valence-electron chi connectivity index (χ0n) is 9.77. The highest BCUT2D eigenvalue weighted by atomic mass is 35.5. The van der Waals surface area contributed by atoms with E-state index < -0.39 is 11.8 Å². The van der Waals surface area contributed by atoms with Crippen LogP contribution in [0.1, 0.15) is 15.9 Å². The minimum Gasteiger partial charge on any atom is -0.487 e. The summed E-state index contributed by atoms with van der Waals surface area (Å²) in [5.74, 6) is -1.59. The molecule has 2 aromatic carbocycles. The zero-order valence-corrected chi connectivity index (χ0v) is 10.5. The Morgan fingerprint density at radius 2 is 2.00 bits per heavy atom. The molecule has 0 atom stereocenters. The molecular weight excluding hydrogens is 271 g/mol. The molecule has 0 heterocycles. The van der Waals surface area contributed by atoms with Crippen molar-refractivity contribution >= 4 is 17.6 Å². The van der Waals surface area contributed by atoms with Crippen molar-refractivity contribution in [1.82, 2.24) is 0 Å². The SMILES string of the molecule is O=C(O)c1cc(COc2ccccc2Cl)ccc1F. The number of hydrogen-bond donors (Lipinski definition) is 1. The lowest BCUT2D eigenvalue weighted by molar-refractivity contribution is 0.0691. The zero-order chi connectivity index (χ0) is 13.8.